The second kappa shape index (κ2) is 11.6. The van der Waals surface area contributed by atoms with Crippen LogP contribution < -0.4 is 25.6 Å². The Kier molecular flexibility index (Phi) is 8.53. The second-order valence-electron chi connectivity index (χ2n) is 7.07. The molecule has 0 saturated carbocycles. The molecule has 0 aliphatic heterocycles. The third-order valence-corrected chi connectivity index (χ3v) is 4.79. The molecule has 1 aromatic carbocycles. The first kappa shape index (κ1) is 26.5. The van der Waals surface area contributed by atoms with Crippen LogP contribution >= 0.6 is 11.6 Å². The van der Waals surface area contributed by atoms with Gasteiger partial charge in [0.15, 0.2) is 0 Å². The van der Waals surface area contributed by atoms with E-state index in [0.29, 0.717) is 0 Å². The van der Waals surface area contributed by atoms with Crippen molar-refractivity contribution < 1.29 is 41.1 Å². The van der Waals surface area contributed by atoms with Crippen molar-refractivity contribution >= 4 is 23.5 Å². The van der Waals surface area contributed by atoms with E-state index in [1.807, 2.05) is 5.43 Å². The number of carbonyl (C=O) groups excluding carboxylic acids is 2. The zero-order valence-electron chi connectivity index (χ0n) is 18.6. The minimum atomic E-state index is -2.82. The van der Waals surface area contributed by atoms with Gasteiger partial charge in [-0.15, -0.1) is 0 Å². The van der Waals surface area contributed by atoms with Crippen LogP contribution in [0.15, 0.2) is 35.0 Å². The Morgan fingerprint density at radius 3 is 2.56 bits per heavy atom. The molecule has 0 spiro atoms. The number of halogens is 5. The van der Waals surface area contributed by atoms with Crippen LogP contribution in [-0.2, 0) is 0 Å². The van der Waals surface area contributed by atoms with E-state index in [2.05, 4.69) is 20.9 Å². The predicted octanol–water partition coefficient (Wildman–Crippen LogP) is 4.03. The summed E-state index contributed by atoms with van der Waals surface area (Å²) < 4.78 is 68.4. The fraction of sp³-hybridized carbons (Fsp3) is 0.238. The van der Waals surface area contributed by atoms with Crippen LogP contribution in [0.25, 0.3) is 11.1 Å². The molecule has 0 aliphatic carbocycles. The van der Waals surface area contributed by atoms with E-state index in [-0.39, 0.29) is 39.2 Å². The normalized spacial score (nSPS) is 11.7. The molecule has 3 rings (SSSR count). The fourth-order valence-corrected chi connectivity index (χ4v) is 3.18. The summed E-state index contributed by atoms with van der Waals surface area (Å²) in [6, 6.07) is 2.04. The number of nitrogens with zero attached hydrogens (tertiary/aromatic N) is 2. The van der Waals surface area contributed by atoms with Gasteiger partial charge in [0.1, 0.15) is 24.0 Å². The van der Waals surface area contributed by atoms with E-state index >= 15 is 0 Å². The minimum absolute atomic E-state index is 0.00619. The lowest BCUT2D eigenvalue weighted by atomic mass is 10.0. The zero-order chi connectivity index (χ0) is 26.4. The maximum Gasteiger partial charge on any atom is 0.334 e. The van der Waals surface area contributed by atoms with Crippen LogP contribution in [0.5, 0.6) is 11.6 Å². The highest BCUT2D eigenvalue weighted by molar-refractivity contribution is 6.32. The molecule has 0 aliphatic rings. The SMILES string of the molecule is COc1cc(C(=O)NNC(=O)N[C@H](C)c2ncc(-c3cc(F)cc(Cl)c3OCC(F)F)cc2F)on1. The number of amides is 3. The number of methoxy groups -OCH3 is 1. The molecule has 0 unspecified atom stereocenters. The van der Waals surface area contributed by atoms with Gasteiger partial charge in [-0.25, -0.2) is 27.8 Å². The van der Waals surface area contributed by atoms with Gasteiger partial charge < -0.3 is 19.3 Å². The Labute approximate surface area is 205 Å². The first-order chi connectivity index (χ1) is 17.1. The Balaban J connectivity index is 1.69. The van der Waals surface area contributed by atoms with Crippen molar-refractivity contribution in [3.05, 3.63) is 58.6 Å². The highest BCUT2D eigenvalue weighted by atomic mass is 35.5. The molecule has 0 fully saturated rings. The molecule has 2 aromatic heterocycles. The molecule has 0 radical (unpaired) electrons. The number of carbonyl (C=O) groups is 2. The quantitative estimate of drug-likeness (QED) is 0.296. The van der Waals surface area contributed by atoms with E-state index in [4.69, 9.17) is 25.6 Å². The maximum absolute atomic E-state index is 14.8. The number of hydrogen-bond donors (Lipinski definition) is 3. The Morgan fingerprint density at radius 1 is 1.17 bits per heavy atom. The number of ether oxygens (including phenoxy) is 2. The lowest BCUT2D eigenvalue weighted by molar-refractivity contribution is 0.0822. The Hall–Kier alpha value is -4.07. The first-order valence-electron chi connectivity index (χ1n) is 10.0. The highest BCUT2D eigenvalue weighted by Gasteiger charge is 2.21. The molecule has 1 atom stereocenters. The number of nitrogens with one attached hydrogen (secondary N) is 3. The fourth-order valence-electron chi connectivity index (χ4n) is 2.92. The smallest absolute Gasteiger partial charge is 0.334 e. The molecule has 3 amide bonds. The summed E-state index contributed by atoms with van der Waals surface area (Å²) in [7, 11) is 1.32. The molecule has 0 saturated heterocycles. The molecular formula is C21H18ClF4N5O5. The van der Waals surface area contributed by atoms with E-state index in [1.165, 1.54) is 20.1 Å². The number of rotatable bonds is 8. The molecule has 0 bridgehead atoms. The van der Waals surface area contributed by atoms with Crippen LogP contribution in [0.4, 0.5) is 22.4 Å². The summed E-state index contributed by atoms with van der Waals surface area (Å²) in [4.78, 5) is 27.9. The number of pyridine rings is 1. The van der Waals surface area contributed by atoms with Crippen molar-refractivity contribution in [1.29, 1.82) is 0 Å². The van der Waals surface area contributed by atoms with Crippen LogP contribution in [0, 0.1) is 11.6 Å². The molecule has 36 heavy (non-hydrogen) atoms. The molecule has 3 aromatic rings. The third kappa shape index (κ3) is 6.53. The predicted molar refractivity (Wildman–Crippen MR) is 117 cm³/mol. The summed E-state index contributed by atoms with van der Waals surface area (Å²) in [5.41, 5.74) is 3.79. The number of urea groups is 1. The summed E-state index contributed by atoms with van der Waals surface area (Å²) in [6.07, 6.45) is -1.69. The molecular weight excluding hydrogens is 514 g/mol. The van der Waals surface area contributed by atoms with Gasteiger partial charge >= 0.3 is 11.9 Å². The monoisotopic (exact) mass is 531 g/mol. The number of aromatic nitrogens is 2. The number of benzene rings is 1. The first-order valence-corrected chi connectivity index (χ1v) is 10.4. The van der Waals surface area contributed by atoms with Crippen LogP contribution in [0.1, 0.15) is 29.2 Å². The average molecular weight is 532 g/mol. The van der Waals surface area contributed by atoms with E-state index in [1.54, 1.807) is 0 Å². The summed E-state index contributed by atoms with van der Waals surface area (Å²) in [6.45, 7) is 0.396. The second-order valence-corrected chi connectivity index (χ2v) is 7.47. The van der Waals surface area contributed by atoms with Gasteiger partial charge in [0.25, 0.3) is 12.3 Å². The van der Waals surface area contributed by atoms with Gasteiger partial charge in [-0.2, -0.15) is 0 Å². The maximum atomic E-state index is 14.8. The van der Waals surface area contributed by atoms with Crippen LogP contribution in [-0.4, -0.2) is 42.2 Å². The average Bonchev–Trinajstić information content (AvgIpc) is 3.30. The Morgan fingerprint density at radius 2 is 1.92 bits per heavy atom. The molecule has 15 heteroatoms. The van der Waals surface area contributed by atoms with Crippen molar-refractivity contribution in [2.45, 2.75) is 19.4 Å². The van der Waals surface area contributed by atoms with E-state index < -0.39 is 42.6 Å². The number of alkyl halides is 2. The molecule has 10 nitrogen and oxygen atoms in total. The van der Waals surface area contributed by atoms with Crippen LogP contribution in [0.3, 0.4) is 0 Å². The van der Waals surface area contributed by atoms with Crippen LogP contribution in [0.2, 0.25) is 5.02 Å². The lowest BCUT2D eigenvalue weighted by Crippen LogP contribution is -2.47. The van der Waals surface area contributed by atoms with Gasteiger partial charge in [0.05, 0.1) is 29.9 Å². The van der Waals surface area contributed by atoms with Crippen molar-refractivity contribution in [3.8, 4) is 22.8 Å². The zero-order valence-corrected chi connectivity index (χ0v) is 19.3. The molecule has 2 heterocycles. The van der Waals surface area contributed by atoms with Crippen molar-refractivity contribution in [3.63, 3.8) is 0 Å². The summed E-state index contributed by atoms with van der Waals surface area (Å²) in [5, 5.41) is 5.51. The Bertz CT molecular complexity index is 1260. The van der Waals surface area contributed by atoms with Crippen molar-refractivity contribution in [1.82, 2.24) is 26.3 Å². The van der Waals surface area contributed by atoms with Gasteiger partial charge in [0, 0.05) is 17.3 Å². The van der Waals surface area contributed by atoms with Gasteiger partial charge in [-0.3, -0.25) is 15.2 Å². The lowest BCUT2D eigenvalue weighted by Gasteiger charge is -2.17. The number of hydrogen-bond acceptors (Lipinski definition) is 7. The van der Waals surface area contributed by atoms with E-state index in [9.17, 15) is 27.2 Å². The summed E-state index contributed by atoms with van der Waals surface area (Å²) >= 11 is 5.92. The largest absolute Gasteiger partial charge is 0.485 e. The minimum Gasteiger partial charge on any atom is -0.485 e. The van der Waals surface area contributed by atoms with Crippen molar-refractivity contribution in [2.24, 2.45) is 0 Å². The topological polar surface area (TPSA) is 128 Å². The molecule has 3 N–H and O–H groups in total. The number of hydrazine groups is 1. The highest BCUT2D eigenvalue weighted by Crippen LogP contribution is 2.38. The molecule has 192 valence electrons. The summed E-state index contributed by atoms with van der Waals surface area (Å²) in [5.74, 6) is -2.99. The van der Waals surface area contributed by atoms with Gasteiger partial charge in [0.2, 0.25) is 5.76 Å². The standard InChI is InChI=1S/C21H18ClF4N5O5/c1-9(28-21(33)30-29-20(32)15-6-17(34-2)31-36-15)18-14(24)3-10(7-27-18)12-4-11(23)5-13(22)19(12)35-8-16(25)26/h3-7,9,16H,8H2,1-2H3,(H,29,32)(H2,28,30,33)/t9-/m1/s1. The van der Waals surface area contributed by atoms with Gasteiger partial charge in [-0.1, -0.05) is 11.6 Å². The van der Waals surface area contributed by atoms with E-state index in [0.717, 1.165) is 24.4 Å². The van der Waals surface area contributed by atoms with Gasteiger partial charge in [-0.05, 0) is 30.3 Å². The van der Waals surface area contributed by atoms with Crippen molar-refractivity contribution in [2.75, 3.05) is 13.7 Å². The third-order valence-electron chi connectivity index (χ3n) is 4.51.